The maximum atomic E-state index is 13.3. The van der Waals surface area contributed by atoms with E-state index in [-0.39, 0.29) is 11.6 Å². The van der Waals surface area contributed by atoms with Gasteiger partial charge in [-0.15, -0.1) is 0 Å². The van der Waals surface area contributed by atoms with Crippen molar-refractivity contribution >= 4 is 17.0 Å². The van der Waals surface area contributed by atoms with Crippen molar-refractivity contribution in [2.45, 2.75) is 45.1 Å². The van der Waals surface area contributed by atoms with Crippen molar-refractivity contribution < 1.29 is 4.74 Å². The molecule has 7 nitrogen and oxygen atoms in total. The molecule has 0 bridgehead atoms. The van der Waals surface area contributed by atoms with Gasteiger partial charge in [0.2, 0.25) is 5.95 Å². The van der Waals surface area contributed by atoms with Gasteiger partial charge in [0.15, 0.2) is 5.75 Å². The van der Waals surface area contributed by atoms with Gasteiger partial charge in [0, 0.05) is 30.7 Å². The molecule has 3 fully saturated rings. The molecule has 7 heteroatoms. The highest BCUT2D eigenvalue weighted by atomic mass is 16.5. The number of hydrazine groups is 1. The Labute approximate surface area is 181 Å². The molecule has 0 spiro atoms. The number of benzene rings is 1. The first kappa shape index (κ1) is 18.8. The lowest BCUT2D eigenvalue weighted by molar-refractivity contribution is 0.369. The van der Waals surface area contributed by atoms with Crippen LogP contribution >= 0.6 is 0 Å². The largest absolute Gasteiger partial charge is 0.451 e. The van der Waals surface area contributed by atoms with Crippen LogP contribution in [-0.4, -0.2) is 32.6 Å². The van der Waals surface area contributed by atoms with E-state index in [9.17, 15) is 4.79 Å². The lowest BCUT2D eigenvalue weighted by Crippen LogP contribution is -2.29. The number of aromatic nitrogens is 3. The molecule has 1 aliphatic heterocycles. The normalized spacial score (nSPS) is 23.3. The van der Waals surface area contributed by atoms with Crippen molar-refractivity contribution in [1.29, 1.82) is 0 Å². The number of hydrogen-bond donors (Lipinski definition) is 1. The van der Waals surface area contributed by atoms with Gasteiger partial charge in [-0.3, -0.25) is 14.8 Å². The molecule has 2 saturated carbocycles. The molecule has 2 aliphatic carbocycles. The van der Waals surface area contributed by atoms with Gasteiger partial charge in [-0.05, 0) is 62.1 Å². The van der Waals surface area contributed by atoms with Crippen molar-refractivity contribution in [2.75, 3.05) is 18.5 Å². The number of rotatable bonds is 5. The zero-order valence-corrected chi connectivity index (χ0v) is 17.8. The predicted octanol–water partition coefficient (Wildman–Crippen LogP) is 4.29. The molecule has 2 unspecified atom stereocenters. The molecule has 1 saturated heterocycles. The summed E-state index contributed by atoms with van der Waals surface area (Å²) < 4.78 is 7.83. The fourth-order valence-corrected chi connectivity index (χ4v) is 5.15. The van der Waals surface area contributed by atoms with Crippen molar-refractivity contribution in [2.24, 2.45) is 11.8 Å². The molecule has 3 heterocycles. The number of hydrogen-bond acceptors (Lipinski definition) is 6. The number of nitrogens with one attached hydrogen (secondary N) is 1. The topological polar surface area (TPSA) is 72.3 Å². The molecule has 2 aromatic heterocycles. The highest BCUT2D eigenvalue weighted by molar-refractivity contribution is 5.77. The van der Waals surface area contributed by atoms with E-state index in [2.05, 4.69) is 15.4 Å². The Morgan fingerprint density at radius 3 is 2.58 bits per heavy atom. The number of fused-ring (bicyclic) bond motifs is 2. The number of nitrogens with zero attached hydrogens (tertiary/aromatic N) is 4. The van der Waals surface area contributed by atoms with E-state index < -0.39 is 0 Å². The van der Waals surface area contributed by atoms with Crippen LogP contribution in [-0.2, 0) is 0 Å². The maximum absolute atomic E-state index is 13.3. The van der Waals surface area contributed by atoms with Crippen molar-refractivity contribution in [3.63, 3.8) is 0 Å². The summed E-state index contributed by atoms with van der Waals surface area (Å²) in [6, 6.07) is 9.69. The number of ether oxygens (including phenoxy) is 1. The Kier molecular flexibility index (Phi) is 4.45. The Hall–Kier alpha value is -2.93. The summed E-state index contributed by atoms with van der Waals surface area (Å²) >= 11 is 0. The van der Waals surface area contributed by atoms with Gasteiger partial charge in [0.1, 0.15) is 11.4 Å². The van der Waals surface area contributed by atoms with Crippen LogP contribution < -0.4 is 15.7 Å². The third kappa shape index (κ3) is 3.47. The van der Waals surface area contributed by atoms with Crippen molar-refractivity contribution in [3.05, 3.63) is 52.4 Å². The van der Waals surface area contributed by atoms with Crippen LogP contribution in [0.2, 0.25) is 0 Å². The third-order valence-corrected chi connectivity index (χ3v) is 6.95. The van der Waals surface area contributed by atoms with Crippen molar-refractivity contribution in [1.82, 2.24) is 19.5 Å². The smallest absolute Gasteiger partial charge is 0.295 e. The molecule has 1 aromatic carbocycles. The van der Waals surface area contributed by atoms with Gasteiger partial charge in [-0.2, -0.15) is 4.98 Å². The van der Waals surface area contributed by atoms with Crippen LogP contribution in [0.15, 0.2) is 41.3 Å². The second-order valence-corrected chi connectivity index (χ2v) is 9.22. The van der Waals surface area contributed by atoms with Crippen LogP contribution in [0, 0.1) is 18.8 Å². The number of anilines is 1. The Balaban J connectivity index is 1.34. The first-order valence-electron chi connectivity index (χ1n) is 11.3. The second kappa shape index (κ2) is 7.34. The summed E-state index contributed by atoms with van der Waals surface area (Å²) in [6.45, 7) is 4.07. The Bertz CT molecular complexity index is 1190. The van der Waals surface area contributed by atoms with Crippen LogP contribution in [0.3, 0.4) is 0 Å². The maximum Gasteiger partial charge on any atom is 0.295 e. The van der Waals surface area contributed by atoms with Crippen LogP contribution in [0.25, 0.3) is 11.0 Å². The lowest BCUT2D eigenvalue weighted by atomic mass is 10.0. The summed E-state index contributed by atoms with van der Waals surface area (Å²) in [4.78, 5) is 22.6. The first-order valence-corrected chi connectivity index (χ1v) is 11.3. The second-order valence-electron chi connectivity index (χ2n) is 9.22. The molecule has 0 radical (unpaired) electrons. The van der Waals surface area contributed by atoms with E-state index in [4.69, 9.17) is 9.72 Å². The summed E-state index contributed by atoms with van der Waals surface area (Å²) in [5, 5.41) is 3.06. The quantitative estimate of drug-likeness (QED) is 0.668. The summed E-state index contributed by atoms with van der Waals surface area (Å²) in [7, 11) is 0. The molecule has 3 aliphatic rings. The van der Waals surface area contributed by atoms with E-state index in [1.807, 2.05) is 31.2 Å². The van der Waals surface area contributed by atoms with Gasteiger partial charge < -0.3 is 4.74 Å². The average Bonchev–Trinajstić information content (AvgIpc) is 3.38. The number of aryl methyl sites for hydroxylation is 1. The van der Waals surface area contributed by atoms with E-state index >= 15 is 0 Å². The van der Waals surface area contributed by atoms with Gasteiger partial charge in [0.05, 0.1) is 0 Å². The van der Waals surface area contributed by atoms with Gasteiger partial charge >= 0.3 is 0 Å². The lowest BCUT2D eigenvalue weighted by Gasteiger charge is -2.19. The SMILES string of the molecule is Cc1ccccc1Oc1cc2cnc(NN3CC4CCCC4C3)nc2n(C2CC2)c1=O. The molecule has 3 aromatic rings. The standard InChI is InChI=1S/C24H27N5O2/c1-15-5-2-3-8-20(15)31-21-11-18-12-25-24(26-22(18)29(23(21)30)19-9-10-19)27-28-13-16-6-4-7-17(16)14-28/h2-3,5,8,11-12,16-17,19H,4,6-7,9-10,13-14H2,1H3,(H,25,26,27). The molecular weight excluding hydrogens is 390 g/mol. The van der Waals surface area contributed by atoms with E-state index in [1.165, 1.54) is 19.3 Å². The van der Waals surface area contributed by atoms with Crippen LogP contribution in [0.5, 0.6) is 11.5 Å². The predicted molar refractivity (Wildman–Crippen MR) is 119 cm³/mol. The fraction of sp³-hybridized carbons (Fsp3) is 0.458. The molecule has 2 atom stereocenters. The minimum absolute atomic E-state index is 0.126. The van der Waals surface area contributed by atoms with E-state index in [1.54, 1.807) is 16.8 Å². The minimum atomic E-state index is -0.126. The van der Waals surface area contributed by atoms with Crippen LogP contribution in [0.4, 0.5) is 5.95 Å². The Morgan fingerprint density at radius 2 is 1.84 bits per heavy atom. The van der Waals surface area contributed by atoms with Gasteiger partial charge in [0.25, 0.3) is 5.56 Å². The van der Waals surface area contributed by atoms with Gasteiger partial charge in [-0.25, -0.2) is 9.99 Å². The van der Waals surface area contributed by atoms with Crippen molar-refractivity contribution in [3.8, 4) is 11.5 Å². The molecular formula is C24H27N5O2. The monoisotopic (exact) mass is 417 g/mol. The molecule has 6 rings (SSSR count). The fourth-order valence-electron chi connectivity index (χ4n) is 5.15. The Morgan fingerprint density at radius 1 is 1.06 bits per heavy atom. The number of para-hydroxylation sites is 1. The molecule has 0 amide bonds. The average molecular weight is 418 g/mol. The van der Waals surface area contributed by atoms with E-state index in [0.29, 0.717) is 23.1 Å². The molecule has 160 valence electrons. The highest BCUT2D eigenvalue weighted by Crippen LogP contribution is 2.38. The number of pyridine rings is 1. The highest BCUT2D eigenvalue weighted by Gasteiger charge is 2.36. The zero-order chi connectivity index (χ0) is 20.9. The van der Waals surface area contributed by atoms with Crippen LogP contribution in [0.1, 0.15) is 43.7 Å². The summed E-state index contributed by atoms with van der Waals surface area (Å²) in [5.74, 6) is 3.16. The summed E-state index contributed by atoms with van der Waals surface area (Å²) in [6.07, 6.45) is 7.79. The zero-order valence-electron chi connectivity index (χ0n) is 17.8. The van der Waals surface area contributed by atoms with Gasteiger partial charge in [-0.1, -0.05) is 24.6 Å². The summed E-state index contributed by atoms with van der Waals surface area (Å²) in [5.41, 5.74) is 4.94. The molecule has 1 N–H and O–H groups in total. The molecule has 31 heavy (non-hydrogen) atoms. The minimum Gasteiger partial charge on any atom is -0.451 e. The first-order chi connectivity index (χ1) is 15.2. The van der Waals surface area contributed by atoms with E-state index in [0.717, 1.165) is 48.7 Å². The third-order valence-electron chi connectivity index (χ3n) is 6.95.